The van der Waals surface area contributed by atoms with Gasteiger partial charge in [-0.15, -0.1) is 19.7 Å². The van der Waals surface area contributed by atoms with Gasteiger partial charge in [0.15, 0.2) is 0 Å². The van der Waals surface area contributed by atoms with E-state index in [1.165, 1.54) is 11.1 Å². The van der Waals surface area contributed by atoms with E-state index in [9.17, 15) is 4.79 Å². The molecular weight excluding hydrogens is 294 g/mol. The molecule has 0 aliphatic carbocycles. The van der Waals surface area contributed by atoms with Crippen LogP contribution in [0.4, 0.5) is 5.69 Å². The highest BCUT2D eigenvalue weighted by molar-refractivity contribution is 5.73. The van der Waals surface area contributed by atoms with Crippen molar-refractivity contribution in [3.05, 3.63) is 79.9 Å². The minimum atomic E-state index is 0. The lowest BCUT2D eigenvalue weighted by atomic mass is 10.0. The van der Waals surface area contributed by atoms with Crippen molar-refractivity contribution >= 4 is 12.1 Å². The molecule has 2 nitrogen and oxygen atoms in total. The number of hydrogen-bond acceptors (Lipinski definition) is 1. The van der Waals surface area contributed by atoms with Crippen molar-refractivity contribution in [1.82, 2.24) is 0 Å². The van der Waals surface area contributed by atoms with E-state index in [0.29, 0.717) is 6.41 Å². The Hall–Kier alpha value is -2.61. The average Bonchev–Trinajstić information content (AvgIpc) is 2.61. The molecule has 2 aromatic rings. The van der Waals surface area contributed by atoms with Gasteiger partial charge in [0.05, 0.1) is 0 Å². The van der Waals surface area contributed by atoms with Crippen LogP contribution in [0.5, 0.6) is 0 Å². The Balaban J connectivity index is -0.000000485. The smallest absolute Gasteiger partial charge is 0.211 e. The highest BCUT2D eigenvalue weighted by atomic mass is 16.1. The van der Waals surface area contributed by atoms with Gasteiger partial charge in [-0.05, 0) is 37.1 Å². The van der Waals surface area contributed by atoms with Crippen LogP contribution in [0.3, 0.4) is 0 Å². The van der Waals surface area contributed by atoms with Gasteiger partial charge in [0.2, 0.25) is 6.41 Å². The topological polar surface area (TPSA) is 29.1 Å². The van der Waals surface area contributed by atoms with E-state index >= 15 is 0 Å². The van der Waals surface area contributed by atoms with Crippen molar-refractivity contribution in [2.75, 3.05) is 5.32 Å². The van der Waals surface area contributed by atoms with Crippen LogP contribution in [0.2, 0.25) is 0 Å². The molecule has 0 spiro atoms. The number of rotatable bonds is 3. The van der Waals surface area contributed by atoms with Crippen LogP contribution in [0.1, 0.15) is 33.8 Å². The largest absolute Gasteiger partial charge is 0.329 e. The number of amides is 1. The zero-order valence-corrected chi connectivity index (χ0v) is 14.8. The third kappa shape index (κ3) is 11.0. The first-order valence-corrected chi connectivity index (χ1v) is 7.65. The number of aryl methyl sites for hydroxylation is 1. The van der Waals surface area contributed by atoms with Gasteiger partial charge in [0.1, 0.15) is 0 Å². The molecule has 0 heterocycles. The fraction of sp³-hybridized carbons (Fsp3) is 0.227. The van der Waals surface area contributed by atoms with E-state index in [0.717, 1.165) is 11.3 Å². The predicted molar refractivity (Wildman–Crippen MR) is 112 cm³/mol. The number of carbonyl (C=O) groups is 1. The van der Waals surface area contributed by atoms with Crippen molar-refractivity contribution in [3.8, 4) is 11.1 Å². The molecule has 0 saturated heterocycles. The third-order valence-corrected chi connectivity index (χ3v) is 2.50. The number of benzene rings is 2. The molecule has 0 atom stereocenters. The molecule has 2 heteroatoms. The average molecular weight is 328 g/mol. The van der Waals surface area contributed by atoms with Crippen molar-refractivity contribution in [1.29, 1.82) is 0 Å². The summed E-state index contributed by atoms with van der Waals surface area (Å²) in [5.74, 6) is 0. The second-order valence-electron chi connectivity index (χ2n) is 4.11. The molecule has 0 unspecified atom stereocenters. The summed E-state index contributed by atoms with van der Waals surface area (Å²) >= 11 is 0. The SMILES string of the molecule is C.C=C.C=CC.CC.Cc1ccc(-c2ccc(NC=O)cc2)cc1. The van der Waals surface area contributed by atoms with Gasteiger partial charge in [-0.25, -0.2) is 0 Å². The molecule has 0 saturated carbocycles. The summed E-state index contributed by atoms with van der Waals surface area (Å²) in [6, 6.07) is 16.1. The molecule has 0 aromatic heterocycles. The Bertz CT molecular complexity index is 527. The highest BCUT2D eigenvalue weighted by Gasteiger charge is 1.97. The zero-order valence-electron chi connectivity index (χ0n) is 14.8. The van der Waals surface area contributed by atoms with Crippen LogP contribution < -0.4 is 5.32 Å². The van der Waals surface area contributed by atoms with Gasteiger partial charge in [0, 0.05) is 5.69 Å². The number of carbonyl (C=O) groups excluding carboxylic acids is 1. The quantitative estimate of drug-likeness (QED) is 0.483. The Kier molecular flexibility index (Phi) is 20.2. The first-order valence-electron chi connectivity index (χ1n) is 7.65. The first kappa shape index (κ1) is 26.3. The molecule has 2 aromatic carbocycles. The van der Waals surface area contributed by atoms with Gasteiger partial charge in [-0.1, -0.05) is 69.3 Å². The Morgan fingerprint density at radius 2 is 1.21 bits per heavy atom. The summed E-state index contributed by atoms with van der Waals surface area (Å²) in [4.78, 5) is 10.3. The Morgan fingerprint density at radius 3 is 1.54 bits per heavy atom. The summed E-state index contributed by atoms with van der Waals surface area (Å²) < 4.78 is 0. The normalized spacial score (nSPS) is 7.50. The van der Waals surface area contributed by atoms with E-state index < -0.39 is 0 Å². The zero-order chi connectivity index (χ0) is 18.1. The van der Waals surface area contributed by atoms with Crippen molar-refractivity contribution in [2.24, 2.45) is 0 Å². The molecule has 1 amide bonds. The minimum Gasteiger partial charge on any atom is -0.329 e. The third-order valence-electron chi connectivity index (χ3n) is 2.50. The summed E-state index contributed by atoms with van der Waals surface area (Å²) in [6.45, 7) is 17.3. The first-order chi connectivity index (χ1) is 11.2. The van der Waals surface area contributed by atoms with E-state index in [1.54, 1.807) is 6.08 Å². The minimum absolute atomic E-state index is 0. The second kappa shape index (κ2) is 18.4. The molecule has 0 bridgehead atoms. The second-order valence-corrected chi connectivity index (χ2v) is 4.11. The van der Waals surface area contributed by atoms with E-state index in [1.807, 2.05) is 45.0 Å². The van der Waals surface area contributed by atoms with Crippen LogP contribution in [0.15, 0.2) is 74.3 Å². The fourth-order valence-corrected chi connectivity index (χ4v) is 1.57. The monoisotopic (exact) mass is 327 g/mol. The maximum absolute atomic E-state index is 10.3. The number of anilines is 1. The molecular formula is C22H33NO. The number of hydrogen-bond donors (Lipinski definition) is 1. The van der Waals surface area contributed by atoms with Crippen molar-refractivity contribution < 1.29 is 4.79 Å². The van der Waals surface area contributed by atoms with Crippen molar-refractivity contribution in [3.63, 3.8) is 0 Å². The fourth-order valence-electron chi connectivity index (χ4n) is 1.57. The van der Waals surface area contributed by atoms with Gasteiger partial charge in [-0.3, -0.25) is 4.79 Å². The van der Waals surface area contributed by atoms with E-state index in [2.05, 4.69) is 56.2 Å². The number of allylic oxidation sites excluding steroid dienone is 1. The maximum Gasteiger partial charge on any atom is 0.211 e. The van der Waals surface area contributed by atoms with E-state index in [-0.39, 0.29) is 7.43 Å². The van der Waals surface area contributed by atoms with Crippen molar-refractivity contribution in [2.45, 2.75) is 35.1 Å². The maximum atomic E-state index is 10.3. The van der Waals surface area contributed by atoms with Gasteiger partial charge < -0.3 is 5.32 Å². The summed E-state index contributed by atoms with van der Waals surface area (Å²) in [6.07, 6.45) is 2.43. The Morgan fingerprint density at radius 1 is 0.875 bits per heavy atom. The van der Waals surface area contributed by atoms with Crippen LogP contribution in [0.25, 0.3) is 11.1 Å². The molecule has 132 valence electrons. The molecule has 0 fully saturated rings. The molecule has 0 aliphatic heterocycles. The van der Waals surface area contributed by atoms with Crippen LogP contribution in [-0.4, -0.2) is 6.41 Å². The van der Waals surface area contributed by atoms with E-state index in [4.69, 9.17) is 0 Å². The van der Waals surface area contributed by atoms with Crippen LogP contribution in [-0.2, 0) is 4.79 Å². The van der Waals surface area contributed by atoms with Gasteiger partial charge >= 0.3 is 0 Å². The predicted octanol–water partition coefficient (Wildman–Crippen LogP) is 6.89. The number of nitrogens with one attached hydrogen (secondary N) is 1. The summed E-state index contributed by atoms with van der Waals surface area (Å²) in [5.41, 5.74) is 4.40. The van der Waals surface area contributed by atoms with Crippen LogP contribution >= 0.6 is 0 Å². The van der Waals surface area contributed by atoms with Gasteiger partial charge in [0.25, 0.3) is 0 Å². The molecule has 24 heavy (non-hydrogen) atoms. The highest BCUT2D eigenvalue weighted by Crippen LogP contribution is 2.21. The Labute approximate surface area is 148 Å². The molecule has 1 N–H and O–H groups in total. The lowest BCUT2D eigenvalue weighted by Crippen LogP contribution is -1.92. The van der Waals surface area contributed by atoms with Gasteiger partial charge in [-0.2, -0.15) is 0 Å². The molecule has 0 aliphatic rings. The lowest BCUT2D eigenvalue weighted by Gasteiger charge is -2.03. The standard InChI is InChI=1S/C14H13NO.C3H6.C2H6.C2H4.CH4/c1-11-2-4-12(5-3-11)13-6-8-14(9-7-13)15-10-16;1-3-2;2*1-2;/h2-10H,1H3,(H,15,16);3H,1H2,2H3;1-2H3;1-2H2;1H4. The summed E-state index contributed by atoms with van der Waals surface area (Å²) in [5, 5.41) is 2.61. The molecule has 2 rings (SSSR count). The van der Waals surface area contributed by atoms with Crippen LogP contribution in [0, 0.1) is 6.92 Å². The lowest BCUT2D eigenvalue weighted by molar-refractivity contribution is -0.105. The summed E-state index contributed by atoms with van der Waals surface area (Å²) in [7, 11) is 0. The molecule has 0 radical (unpaired) electrons.